The van der Waals surface area contributed by atoms with Gasteiger partial charge in [-0.25, -0.2) is 9.59 Å². The van der Waals surface area contributed by atoms with Gasteiger partial charge in [-0.05, 0) is 126 Å². The van der Waals surface area contributed by atoms with Gasteiger partial charge >= 0.3 is 11.9 Å². The van der Waals surface area contributed by atoms with Crippen molar-refractivity contribution in [1.82, 2.24) is 0 Å². The highest BCUT2D eigenvalue weighted by Gasteiger charge is 2.72. The van der Waals surface area contributed by atoms with Gasteiger partial charge in [0.15, 0.2) is 0 Å². The monoisotopic (exact) mass is 698 g/mol. The van der Waals surface area contributed by atoms with E-state index in [4.69, 9.17) is 9.47 Å². The molecule has 4 N–H and O–H groups in total. The first kappa shape index (κ1) is 39.2. The van der Waals surface area contributed by atoms with Gasteiger partial charge in [0.2, 0.25) is 0 Å². The second-order valence-electron chi connectivity index (χ2n) is 19.2. The Kier molecular flexibility index (Phi) is 10.1. The molecule has 0 heterocycles. The number of esters is 2. The first-order chi connectivity index (χ1) is 23.0. The van der Waals surface area contributed by atoms with Gasteiger partial charge in [0, 0.05) is 16.6 Å². The number of rotatable bonds is 6. The minimum absolute atomic E-state index is 0.131. The van der Waals surface area contributed by atoms with Gasteiger partial charge in [0.25, 0.3) is 0 Å². The molecule has 0 aromatic rings. The Balaban J connectivity index is 1.55. The average molecular weight is 699 g/mol. The Bertz CT molecular complexity index is 1480. The summed E-state index contributed by atoms with van der Waals surface area (Å²) in [7, 11) is 0. The molecular weight excluding hydrogens is 632 g/mol. The Hall–Kier alpha value is -2.00. The highest BCUT2D eigenvalue weighted by atomic mass is 16.5. The number of hydrogen-bond acceptors (Lipinski definition) is 8. The molecule has 4 saturated carbocycles. The normalized spacial score (nSPS) is 44.6. The van der Waals surface area contributed by atoms with Crippen molar-refractivity contribution in [3.8, 4) is 0 Å². The SMILES string of the molecule is CC(C)=C(C)C(=O)OC[C@@]12C(CC(C)(C)[C@@H](O)[C@@H]1O)C1=CCC3[C@@]4(C)CC[C@H](O)[C@](C)(COC(=O)C(C)=C(C)C)C4CC[C@@]3(C)[C@]1(C)C[C@H]2O. The van der Waals surface area contributed by atoms with Crippen molar-refractivity contribution in [3.05, 3.63) is 33.9 Å². The number of hydrogen-bond donors (Lipinski definition) is 4. The van der Waals surface area contributed by atoms with E-state index in [0.717, 1.165) is 36.8 Å². The molecule has 50 heavy (non-hydrogen) atoms. The van der Waals surface area contributed by atoms with E-state index in [9.17, 15) is 30.0 Å². The molecule has 5 aliphatic rings. The van der Waals surface area contributed by atoms with Crippen molar-refractivity contribution >= 4 is 11.9 Å². The van der Waals surface area contributed by atoms with Crippen molar-refractivity contribution in [2.75, 3.05) is 13.2 Å². The zero-order valence-electron chi connectivity index (χ0n) is 32.9. The van der Waals surface area contributed by atoms with Crippen LogP contribution in [0.15, 0.2) is 33.9 Å². The maximum absolute atomic E-state index is 13.1. The number of aliphatic hydroxyl groups is 4. The molecule has 0 aliphatic heterocycles. The molecule has 12 atom stereocenters. The lowest BCUT2D eigenvalue weighted by Crippen LogP contribution is -2.72. The summed E-state index contributed by atoms with van der Waals surface area (Å²) >= 11 is 0. The number of aliphatic hydroxyl groups excluding tert-OH is 4. The highest BCUT2D eigenvalue weighted by Crippen LogP contribution is 2.75. The van der Waals surface area contributed by atoms with Gasteiger partial charge in [-0.1, -0.05) is 64.3 Å². The van der Waals surface area contributed by atoms with Crippen LogP contribution in [-0.2, 0) is 19.1 Å². The van der Waals surface area contributed by atoms with Crippen LogP contribution in [0.2, 0.25) is 0 Å². The van der Waals surface area contributed by atoms with Crippen LogP contribution in [-0.4, -0.2) is 70.0 Å². The fourth-order valence-electron chi connectivity index (χ4n) is 11.9. The second-order valence-corrected chi connectivity index (χ2v) is 19.2. The highest BCUT2D eigenvalue weighted by molar-refractivity contribution is 5.89. The predicted molar refractivity (Wildman–Crippen MR) is 194 cm³/mol. The number of fused-ring (bicyclic) bond motifs is 7. The Morgan fingerprint density at radius 3 is 1.84 bits per heavy atom. The molecule has 0 amide bonds. The molecule has 0 spiro atoms. The van der Waals surface area contributed by atoms with E-state index in [-0.39, 0.29) is 47.8 Å². The molecule has 8 heteroatoms. The van der Waals surface area contributed by atoms with Crippen molar-refractivity contribution in [2.24, 2.45) is 50.2 Å². The molecule has 0 radical (unpaired) electrons. The van der Waals surface area contributed by atoms with E-state index in [0.29, 0.717) is 30.4 Å². The van der Waals surface area contributed by atoms with Crippen molar-refractivity contribution in [1.29, 1.82) is 0 Å². The Morgan fingerprint density at radius 2 is 1.28 bits per heavy atom. The molecule has 5 aliphatic carbocycles. The Morgan fingerprint density at radius 1 is 0.720 bits per heavy atom. The third-order valence-electron chi connectivity index (χ3n) is 16.0. The second kappa shape index (κ2) is 12.8. The summed E-state index contributed by atoms with van der Waals surface area (Å²) in [4.78, 5) is 26.1. The summed E-state index contributed by atoms with van der Waals surface area (Å²) in [6.07, 6.45) is 3.37. The van der Waals surface area contributed by atoms with E-state index in [1.807, 2.05) is 41.5 Å². The zero-order valence-corrected chi connectivity index (χ0v) is 32.9. The maximum Gasteiger partial charge on any atom is 0.333 e. The molecule has 282 valence electrons. The van der Waals surface area contributed by atoms with E-state index < -0.39 is 52.0 Å². The summed E-state index contributed by atoms with van der Waals surface area (Å²) in [6, 6.07) is 0. The van der Waals surface area contributed by atoms with Gasteiger partial charge in [0.05, 0.1) is 36.4 Å². The van der Waals surface area contributed by atoms with Crippen molar-refractivity contribution in [2.45, 2.75) is 152 Å². The van der Waals surface area contributed by atoms with Gasteiger partial charge in [-0.2, -0.15) is 0 Å². The number of ether oxygens (including phenoxy) is 2. The smallest absolute Gasteiger partial charge is 0.333 e. The molecule has 4 fully saturated rings. The molecule has 3 unspecified atom stereocenters. The van der Waals surface area contributed by atoms with Gasteiger partial charge in [0.1, 0.15) is 6.61 Å². The molecule has 8 nitrogen and oxygen atoms in total. The lowest BCUT2D eigenvalue weighted by atomic mass is 9.33. The van der Waals surface area contributed by atoms with Crippen LogP contribution in [0.3, 0.4) is 0 Å². The maximum atomic E-state index is 13.1. The summed E-state index contributed by atoms with van der Waals surface area (Å²) in [5.41, 5.74) is 0.822. The van der Waals surface area contributed by atoms with Crippen molar-refractivity contribution in [3.63, 3.8) is 0 Å². The molecule has 0 aromatic carbocycles. The fourth-order valence-corrected chi connectivity index (χ4v) is 11.9. The topological polar surface area (TPSA) is 134 Å². The quantitative estimate of drug-likeness (QED) is 0.135. The third-order valence-corrected chi connectivity index (χ3v) is 16.0. The van der Waals surface area contributed by atoms with Crippen LogP contribution in [0.4, 0.5) is 0 Å². The van der Waals surface area contributed by atoms with Crippen molar-refractivity contribution < 1.29 is 39.5 Å². The summed E-state index contributed by atoms with van der Waals surface area (Å²) < 4.78 is 11.9. The summed E-state index contributed by atoms with van der Waals surface area (Å²) in [5, 5.41) is 47.4. The Labute approximate surface area is 300 Å². The van der Waals surface area contributed by atoms with Gasteiger partial charge in [-0.3, -0.25) is 0 Å². The number of carbonyl (C=O) groups excluding carboxylic acids is 2. The first-order valence-electron chi connectivity index (χ1n) is 19.0. The van der Waals surface area contributed by atoms with E-state index in [1.54, 1.807) is 13.8 Å². The molecule has 0 aromatic heterocycles. The number of allylic oxidation sites excluding steroid dienone is 4. The lowest BCUT2D eigenvalue weighted by molar-refractivity contribution is -0.260. The largest absolute Gasteiger partial charge is 0.462 e. The first-order valence-corrected chi connectivity index (χ1v) is 19.0. The van der Waals surface area contributed by atoms with Crippen LogP contribution in [0, 0.1) is 50.2 Å². The van der Waals surface area contributed by atoms with Crippen LogP contribution in [0.25, 0.3) is 0 Å². The average Bonchev–Trinajstić information content (AvgIpc) is 3.03. The summed E-state index contributed by atoms with van der Waals surface area (Å²) in [5.74, 6) is -0.719. The summed E-state index contributed by atoms with van der Waals surface area (Å²) in [6.45, 7) is 24.1. The van der Waals surface area contributed by atoms with E-state index >= 15 is 0 Å². The minimum atomic E-state index is -1.28. The molecule has 0 saturated heterocycles. The standard InChI is InChI=1S/C42H66O8/c1-23(2)25(5)35(47)49-21-39(10)29-15-18-40(11)30(38(29,9)17-16-31(39)43)14-13-27-28-19-37(7,8)33(45)34(46)42(28,32(44)20-41(27,40)12)22-50-36(48)26(6)24(3)4/h13,28-34,43-46H,14-22H2,1-12H3/t28?,29?,30?,31-,32+,33-,34-,38-,39+,40+,41+,42-/m0/s1. The fraction of sp³-hybridized carbons (Fsp3) is 0.810. The predicted octanol–water partition coefficient (Wildman–Crippen LogP) is 6.84. The lowest BCUT2D eigenvalue weighted by Gasteiger charge is -2.72. The molecule has 5 rings (SSSR count). The van der Waals surface area contributed by atoms with Crippen LogP contribution < -0.4 is 0 Å². The van der Waals surface area contributed by atoms with E-state index in [2.05, 4.69) is 33.8 Å². The van der Waals surface area contributed by atoms with E-state index in [1.165, 1.54) is 5.57 Å². The van der Waals surface area contributed by atoms with Crippen LogP contribution in [0.5, 0.6) is 0 Å². The molecule has 0 bridgehead atoms. The van der Waals surface area contributed by atoms with Crippen LogP contribution in [0.1, 0.15) is 128 Å². The molecular formula is C42H66O8. The third kappa shape index (κ3) is 5.51. The number of carbonyl (C=O) groups is 2. The van der Waals surface area contributed by atoms with Gasteiger partial charge in [-0.15, -0.1) is 0 Å². The zero-order chi connectivity index (χ0) is 37.6. The van der Waals surface area contributed by atoms with Gasteiger partial charge < -0.3 is 29.9 Å². The van der Waals surface area contributed by atoms with Crippen LogP contribution >= 0.6 is 0 Å². The minimum Gasteiger partial charge on any atom is -0.462 e.